The van der Waals surface area contributed by atoms with Gasteiger partial charge in [-0.25, -0.2) is 4.79 Å². The summed E-state index contributed by atoms with van der Waals surface area (Å²) < 4.78 is 6.48. The highest BCUT2D eigenvalue weighted by Gasteiger charge is 2.23. The average molecular weight is 299 g/mol. The Bertz CT molecular complexity index is 391. The average Bonchev–Trinajstić information content (AvgIpc) is 2.29. The monoisotopic (exact) mass is 298 g/mol. The lowest BCUT2D eigenvalue weighted by Crippen LogP contribution is -3.11. The van der Waals surface area contributed by atoms with Crippen molar-refractivity contribution < 1.29 is 14.4 Å². The molecule has 2 unspecified atom stereocenters. The van der Waals surface area contributed by atoms with Crippen molar-refractivity contribution in [2.75, 3.05) is 20.1 Å². The Balaban J connectivity index is 1.94. The van der Waals surface area contributed by atoms with Gasteiger partial charge in [-0.1, -0.05) is 15.9 Å². The van der Waals surface area contributed by atoms with Gasteiger partial charge in [0.25, 0.3) is 0 Å². The van der Waals surface area contributed by atoms with Crippen molar-refractivity contribution >= 4 is 21.9 Å². The quantitative estimate of drug-likeness (QED) is 0.834. The first kappa shape index (κ1) is 12.6. The molecule has 1 aromatic rings. The van der Waals surface area contributed by atoms with Crippen LogP contribution in [0.25, 0.3) is 0 Å². The number of likely N-dealkylation sites (N-methyl/N-ethyl adjacent to an activating group) is 1. The summed E-state index contributed by atoms with van der Waals surface area (Å²) in [7, 11) is 2.14. The molecule has 1 saturated heterocycles. The second kappa shape index (κ2) is 5.65. The van der Waals surface area contributed by atoms with Crippen LogP contribution in [0.3, 0.4) is 0 Å². The van der Waals surface area contributed by atoms with Gasteiger partial charge in [-0.15, -0.1) is 0 Å². The highest BCUT2D eigenvalue weighted by Crippen LogP contribution is 2.13. The van der Waals surface area contributed by atoms with Gasteiger partial charge >= 0.3 is 5.97 Å². The van der Waals surface area contributed by atoms with Crippen molar-refractivity contribution in [2.24, 2.45) is 0 Å². The molecule has 0 amide bonds. The molecule has 1 heterocycles. The molecule has 17 heavy (non-hydrogen) atoms. The normalized spacial score (nSPS) is 24.4. The molecule has 4 heteroatoms. The molecule has 1 aliphatic rings. The second-order valence-corrected chi connectivity index (χ2v) is 5.50. The zero-order chi connectivity index (χ0) is 12.3. The first-order valence-corrected chi connectivity index (χ1v) is 6.72. The van der Waals surface area contributed by atoms with Gasteiger partial charge in [0.15, 0.2) is 6.10 Å². The fourth-order valence-electron chi connectivity index (χ4n) is 2.13. The van der Waals surface area contributed by atoms with Gasteiger partial charge in [0, 0.05) is 10.9 Å². The van der Waals surface area contributed by atoms with Crippen LogP contribution in [-0.2, 0) is 4.74 Å². The van der Waals surface area contributed by atoms with Crippen LogP contribution in [0.2, 0.25) is 0 Å². The van der Waals surface area contributed by atoms with Crippen LogP contribution in [-0.4, -0.2) is 32.2 Å². The Labute approximate surface area is 110 Å². The third-order valence-electron chi connectivity index (χ3n) is 3.06. The minimum absolute atomic E-state index is 0.0693. The van der Waals surface area contributed by atoms with E-state index in [-0.39, 0.29) is 12.1 Å². The number of rotatable bonds is 2. The molecule has 1 aliphatic heterocycles. The summed E-state index contributed by atoms with van der Waals surface area (Å²) in [5.41, 5.74) is 0.622. The number of benzene rings is 1. The van der Waals surface area contributed by atoms with E-state index < -0.39 is 0 Å². The number of piperidine rings is 1. The molecule has 1 fully saturated rings. The summed E-state index contributed by atoms with van der Waals surface area (Å²) in [6.07, 6.45) is 2.18. The van der Waals surface area contributed by atoms with Gasteiger partial charge in [-0.3, -0.25) is 0 Å². The van der Waals surface area contributed by atoms with E-state index in [1.54, 1.807) is 12.1 Å². The Hall–Kier alpha value is -0.870. The van der Waals surface area contributed by atoms with E-state index in [1.807, 2.05) is 12.1 Å². The van der Waals surface area contributed by atoms with Crippen molar-refractivity contribution in [2.45, 2.75) is 18.9 Å². The van der Waals surface area contributed by atoms with E-state index >= 15 is 0 Å². The third kappa shape index (κ3) is 3.54. The minimum atomic E-state index is -0.211. The Morgan fingerprint density at radius 2 is 2.12 bits per heavy atom. The number of quaternary nitrogens is 1. The number of carbonyl (C=O) groups excluding carboxylic acids is 1. The van der Waals surface area contributed by atoms with Gasteiger partial charge in [0.2, 0.25) is 0 Å². The second-order valence-electron chi connectivity index (χ2n) is 4.59. The fourth-order valence-corrected chi connectivity index (χ4v) is 2.39. The molecule has 2 rings (SSSR count). The third-order valence-corrected chi connectivity index (χ3v) is 3.59. The van der Waals surface area contributed by atoms with E-state index in [4.69, 9.17) is 4.74 Å². The predicted octanol–water partition coefficient (Wildman–Crippen LogP) is 1.28. The van der Waals surface area contributed by atoms with Crippen molar-refractivity contribution in [3.8, 4) is 0 Å². The zero-order valence-electron chi connectivity index (χ0n) is 9.91. The molecule has 1 aromatic carbocycles. The number of carbonyl (C=O) groups is 1. The van der Waals surface area contributed by atoms with Crippen molar-refractivity contribution in [3.63, 3.8) is 0 Å². The highest BCUT2D eigenvalue weighted by molar-refractivity contribution is 9.10. The first-order chi connectivity index (χ1) is 8.15. The number of ether oxygens (including phenoxy) is 1. The zero-order valence-corrected chi connectivity index (χ0v) is 11.5. The number of hydrogen-bond acceptors (Lipinski definition) is 2. The molecule has 92 valence electrons. The van der Waals surface area contributed by atoms with Crippen molar-refractivity contribution in [1.29, 1.82) is 0 Å². The molecule has 3 nitrogen and oxygen atoms in total. The molecule has 0 aliphatic carbocycles. The molecule has 0 bridgehead atoms. The van der Waals surface area contributed by atoms with Crippen LogP contribution < -0.4 is 4.90 Å². The summed E-state index contributed by atoms with van der Waals surface area (Å²) >= 11 is 3.35. The number of nitrogens with one attached hydrogen (secondary N) is 1. The lowest BCUT2D eigenvalue weighted by molar-refractivity contribution is -0.888. The molecular weight excluding hydrogens is 282 g/mol. The highest BCUT2D eigenvalue weighted by atomic mass is 79.9. The van der Waals surface area contributed by atoms with Crippen LogP contribution in [0.4, 0.5) is 0 Å². The predicted molar refractivity (Wildman–Crippen MR) is 69.2 cm³/mol. The van der Waals surface area contributed by atoms with E-state index in [0.29, 0.717) is 5.56 Å². The summed E-state index contributed by atoms with van der Waals surface area (Å²) in [4.78, 5) is 13.3. The van der Waals surface area contributed by atoms with Gasteiger partial charge in [0.1, 0.15) is 6.54 Å². The van der Waals surface area contributed by atoms with Crippen molar-refractivity contribution in [3.05, 3.63) is 34.3 Å². The van der Waals surface area contributed by atoms with Gasteiger partial charge in [0.05, 0.1) is 19.2 Å². The van der Waals surface area contributed by atoms with Crippen LogP contribution >= 0.6 is 15.9 Å². The minimum Gasteiger partial charge on any atom is -0.453 e. The standard InChI is InChI=1S/C13H16BrNO2/c1-15-8-2-3-12(9-15)17-13(16)10-4-6-11(14)7-5-10/h4-7,12H,2-3,8-9H2,1H3/p+1. The molecule has 0 spiro atoms. The molecule has 0 radical (unpaired) electrons. The maximum absolute atomic E-state index is 11.9. The maximum Gasteiger partial charge on any atom is 0.338 e. The summed E-state index contributed by atoms with van der Waals surface area (Å²) in [6.45, 7) is 2.09. The Morgan fingerprint density at radius 1 is 1.41 bits per heavy atom. The summed E-state index contributed by atoms with van der Waals surface area (Å²) in [5, 5.41) is 0. The smallest absolute Gasteiger partial charge is 0.338 e. The van der Waals surface area contributed by atoms with E-state index in [2.05, 4.69) is 23.0 Å². The maximum atomic E-state index is 11.9. The van der Waals surface area contributed by atoms with Gasteiger partial charge < -0.3 is 9.64 Å². The molecule has 2 atom stereocenters. The fraction of sp³-hybridized carbons (Fsp3) is 0.462. The number of halogens is 1. The lowest BCUT2D eigenvalue weighted by atomic mass is 10.1. The van der Waals surface area contributed by atoms with E-state index in [1.165, 1.54) is 11.4 Å². The Morgan fingerprint density at radius 3 is 2.76 bits per heavy atom. The van der Waals surface area contributed by atoms with E-state index in [9.17, 15) is 4.79 Å². The van der Waals surface area contributed by atoms with Crippen LogP contribution in [0.1, 0.15) is 23.2 Å². The van der Waals surface area contributed by atoms with Crippen molar-refractivity contribution in [1.82, 2.24) is 0 Å². The summed E-state index contributed by atoms with van der Waals surface area (Å²) in [5.74, 6) is -0.211. The lowest BCUT2D eigenvalue weighted by Gasteiger charge is -2.26. The number of hydrogen-bond donors (Lipinski definition) is 1. The van der Waals surface area contributed by atoms with Crippen LogP contribution in [0.5, 0.6) is 0 Å². The SMILES string of the molecule is C[NH+]1CCCC(OC(=O)c2ccc(Br)cc2)C1. The van der Waals surface area contributed by atoms with Gasteiger partial charge in [-0.2, -0.15) is 0 Å². The molecule has 0 saturated carbocycles. The number of esters is 1. The number of likely N-dealkylation sites (tertiary alicyclic amines) is 1. The van der Waals surface area contributed by atoms with Crippen LogP contribution in [0.15, 0.2) is 28.7 Å². The topological polar surface area (TPSA) is 30.7 Å². The first-order valence-electron chi connectivity index (χ1n) is 5.93. The summed E-state index contributed by atoms with van der Waals surface area (Å²) in [6, 6.07) is 7.28. The molecular formula is C13H17BrNO2+. The molecule has 1 N–H and O–H groups in total. The Kier molecular flexibility index (Phi) is 4.18. The largest absolute Gasteiger partial charge is 0.453 e. The molecule has 0 aromatic heterocycles. The van der Waals surface area contributed by atoms with Crippen LogP contribution in [0, 0.1) is 0 Å². The van der Waals surface area contributed by atoms with Gasteiger partial charge in [-0.05, 0) is 30.7 Å². The van der Waals surface area contributed by atoms with E-state index in [0.717, 1.165) is 23.9 Å².